The van der Waals surface area contributed by atoms with Gasteiger partial charge in [0.25, 0.3) is 0 Å². The highest BCUT2D eigenvalue weighted by Crippen LogP contribution is 2.25. The Balaban J connectivity index is 1.70. The molecule has 28 heavy (non-hydrogen) atoms. The largest absolute Gasteiger partial charge is 0.497 e. The van der Waals surface area contributed by atoms with Gasteiger partial charge in [0.05, 0.1) is 12.9 Å². The van der Waals surface area contributed by atoms with Gasteiger partial charge in [-0.05, 0) is 19.1 Å². The van der Waals surface area contributed by atoms with Crippen molar-refractivity contribution < 1.29 is 9.53 Å². The summed E-state index contributed by atoms with van der Waals surface area (Å²) in [6, 6.07) is 15.4. The van der Waals surface area contributed by atoms with E-state index in [9.17, 15) is 4.79 Å². The molecule has 0 bridgehead atoms. The van der Waals surface area contributed by atoms with E-state index in [0.717, 1.165) is 11.4 Å². The lowest BCUT2D eigenvalue weighted by Gasteiger charge is -2.09. The number of aryl methyl sites for hydroxylation is 1. The van der Waals surface area contributed by atoms with E-state index in [-0.39, 0.29) is 11.7 Å². The summed E-state index contributed by atoms with van der Waals surface area (Å²) in [7, 11) is 1.59. The molecule has 3 rings (SSSR count). The number of thioether (sulfide) groups is 1. The van der Waals surface area contributed by atoms with E-state index in [1.807, 2.05) is 54.0 Å². The first-order valence-corrected chi connectivity index (χ1v) is 9.77. The third-order valence-electron chi connectivity index (χ3n) is 4.02. The molecule has 3 aromatic rings. The Morgan fingerprint density at radius 3 is 2.75 bits per heavy atom. The minimum absolute atomic E-state index is 0.122. The van der Waals surface area contributed by atoms with Crippen LogP contribution < -0.4 is 10.1 Å². The van der Waals surface area contributed by atoms with Gasteiger partial charge in [0.2, 0.25) is 5.91 Å². The Labute approximate surface area is 168 Å². The number of anilines is 1. The lowest BCUT2D eigenvalue weighted by molar-refractivity contribution is -0.113. The number of amides is 1. The highest BCUT2D eigenvalue weighted by Gasteiger charge is 2.15. The van der Waals surface area contributed by atoms with Crippen molar-refractivity contribution in [1.29, 1.82) is 0 Å². The molecular weight excluding hydrogens is 372 g/mol. The molecule has 0 aliphatic rings. The molecule has 0 unspecified atom stereocenters. The number of allylic oxidation sites excluding steroid dienone is 1. The van der Waals surface area contributed by atoms with Crippen LogP contribution in [0.1, 0.15) is 5.56 Å². The quantitative estimate of drug-likeness (QED) is 0.458. The minimum Gasteiger partial charge on any atom is -0.497 e. The van der Waals surface area contributed by atoms with Crippen molar-refractivity contribution in [2.45, 2.75) is 18.6 Å². The number of aromatic nitrogens is 3. The second kappa shape index (κ2) is 9.23. The Bertz CT molecular complexity index is 967. The van der Waals surface area contributed by atoms with Crippen LogP contribution in [0.3, 0.4) is 0 Å². The normalized spacial score (nSPS) is 10.5. The molecular formula is C21H22N4O2S. The number of methoxy groups -OCH3 is 1. The summed E-state index contributed by atoms with van der Waals surface area (Å²) >= 11 is 1.34. The number of nitrogens with one attached hydrogen (secondary N) is 1. The lowest BCUT2D eigenvalue weighted by atomic mass is 10.1. The summed E-state index contributed by atoms with van der Waals surface area (Å²) in [6.07, 6.45) is 1.79. The molecule has 2 aromatic carbocycles. The fourth-order valence-electron chi connectivity index (χ4n) is 2.63. The maximum atomic E-state index is 12.3. The first-order chi connectivity index (χ1) is 13.6. The number of hydrogen-bond acceptors (Lipinski definition) is 5. The van der Waals surface area contributed by atoms with Gasteiger partial charge in [0.15, 0.2) is 11.0 Å². The summed E-state index contributed by atoms with van der Waals surface area (Å²) in [5.41, 5.74) is 2.85. The van der Waals surface area contributed by atoms with Crippen LogP contribution in [0.5, 0.6) is 5.75 Å². The Morgan fingerprint density at radius 2 is 2.04 bits per heavy atom. The van der Waals surface area contributed by atoms with E-state index >= 15 is 0 Å². The van der Waals surface area contributed by atoms with E-state index < -0.39 is 0 Å². The molecule has 0 aliphatic heterocycles. The lowest BCUT2D eigenvalue weighted by Crippen LogP contribution is -2.14. The molecule has 1 heterocycles. The average Bonchev–Trinajstić information content (AvgIpc) is 3.10. The van der Waals surface area contributed by atoms with Crippen molar-refractivity contribution in [3.8, 4) is 17.1 Å². The predicted molar refractivity (Wildman–Crippen MR) is 113 cm³/mol. The van der Waals surface area contributed by atoms with Crippen LogP contribution in [0.4, 0.5) is 5.69 Å². The van der Waals surface area contributed by atoms with Crippen molar-refractivity contribution in [3.63, 3.8) is 0 Å². The van der Waals surface area contributed by atoms with Gasteiger partial charge in [-0.3, -0.25) is 9.36 Å². The molecule has 0 fully saturated rings. The third-order valence-corrected chi connectivity index (χ3v) is 4.99. The molecule has 0 saturated carbocycles. The summed E-state index contributed by atoms with van der Waals surface area (Å²) in [5.74, 6) is 1.55. The zero-order chi connectivity index (χ0) is 19.9. The number of nitrogens with zero attached hydrogens (tertiary/aromatic N) is 3. The highest BCUT2D eigenvalue weighted by atomic mass is 32.2. The predicted octanol–water partition coefficient (Wildman–Crippen LogP) is 4.18. The molecule has 0 aliphatic carbocycles. The van der Waals surface area contributed by atoms with Crippen LogP contribution in [0.2, 0.25) is 0 Å². The van der Waals surface area contributed by atoms with Crippen LogP contribution >= 0.6 is 11.8 Å². The van der Waals surface area contributed by atoms with Gasteiger partial charge >= 0.3 is 0 Å². The second-order valence-corrected chi connectivity index (χ2v) is 7.08. The molecule has 1 amide bonds. The monoisotopic (exact) mass is 394 g/mol. The topological polar surface area (TPSA) is 69.0 Å². The molecule has 1 N–H and O–H groups in total. The molecule has 6 nitrogen and oxygen atoms in total. The summed E-state index contributed by atoms with van der Waals surface area (Å²) in [5, 5.41) is 12.1. The summed E-state index contributed by atoms with van der Waals surface area (Å²) < 4.78 is 7.13. The zero-order valence-electron chi connectivity index (χ0n) is 15.9. The fourth-order valence-corrected chi connectivity index (χ4v) is 3.38. The highest BCUT2D eigenvalue weighted by molar-refractivity contribution is 7.99. The summed E-state index contributed by atoms with van der Waals surface area (Å²) in [4.78, 5) is 12.3. The van der Waals surface area contributed by atoms with Crippen LogP contribution in [0.15, 0.2) is 66.3 Å². The van der Waals surface area contributed by atoms with Gasteiger partial charge in [-0.25, -0.2) is 0 Å². The van der Waals surface area contributed by atoms with Crippen LogP contribution in [0.25, 0.3) is 11.4 Å². The van der Waals surface area contributed by atoms with E-state index in [2.05, 4.69) is 22.1 Å². The van der Waals surface area contributed by atoms with Gasteiger partial charge < -0.3 is 10.1 Å². The number of rotatable bonds is 8. The zero-order valence-corrected chi connectivity index (χ0v) is 16.7. The van der Waals surface area contributed by atoms with Gasteiger partial charge in [0, 0.05) is 23.9 Å². The van der Waals surface area contributed by atoms with Crippen LogP contribution in [0, 0.1) is 6.92 Å². The fraction of sp³-hybridized carbons (Fsp3) is 0.190. The van der Waals surface area contributed by atoms with Crippen LogP contribution in [-0.2, 0) is 11.3 Å². The van der Waals surface area contributed by atoms with Crippen molar-refractivity contribution >= 4 is 23.4 Å². The van der Waals surface area contributed by atoms with E-state index in [1.54, 1.807) is 19.3 Å². The van der Waals surface area contributed by atoms with Crippen LogP contribution in [-0.4, -0.2) is 33.5 Å². The van der Waals surface area contributed by atoms with E-state index in [1.165, 1.54) is 17.3 Å². The smallest absolute Gasteiger partial charge is 0.234 e. The number of carbonyl (C=O) groups is 1. The van der Waals surface area contributed by atoms with Crippen molar-refractivity contribution in [3.05, 3.63) is 66.7 Å². The molecule has 0 saturated heterocycles. The first kappa shape index (κ1) is 19.7. The number of ether oxygens (including phenoxy) is 1. The SMILES string of the molecule is C=CCn1c(SCC(=O)Nc2cccc(OC)c2)nnc1-c1ccc(C)cc1. The number of benzene rings is 2. The maximum Gasteiger partial charge on any atom is 0.234 e. The molecule has 0 radical (unpaired) electrons. The van der Waals surface area contributed by atoms with Gasteiger partial charge in [-0.1, -0.05) is 53.7 Å². The van der Waals surface area contributed by atoms with Crippen molar-refractivity contribution in [2.75, 3.05) is 18.2 Å². The maximum absolute atomic E-state index is 12.3. The Hall–Kier alpha value is -3.06. The van der Waals surface area contributed by atoms with Crippen molar-refractivity contribution in [2.24, 2.45) is 0 Å². The van der Waals surface area contributed by atoms with Gasteiger partial charge in [-0.15, -0.1) is 16.8 Å². The molecule has 0 spiro atoms. The molecule has 0 atom stereocenters. The Morgan fingerprint density at radius 1 is 1.25 bits per heavy atom. The number of hydrogen-bond donors (Lipinski definition) is 1. The van der Waals surface area contributed by atoms with Gasteiger partial charge in [-0.2, -0.15) is 0 Å². The van der Waals surface area contributed by atoms with Crippen molar-refractivity contribution in [1.82, 2.24) is 14.8 Å². The second-order valence-electron chi connectivity index (χ2n) is 6.14. The first-order valence-electron chi connectivity index (χ1n) is 8.78. The Kier molecular flexibility index (Phi) is 6.49. The minimum atomic E-state index is -0.122. The number of carbonyl (C=O) groups excluding carboxylic acids is 1. The van der Waals surface area contributed by atoms with Gasteiger partial charge in [0.1, 0.15) is 5.75 Å². The average molecular weight is 395 g/mol. The molecule has 7 heteroatoms. The molecule has 144 valence electrons. The van der Waals surface area contributed by atoms with E-state index in [0.29, 0.717) is 23.1 Å². The summed E-state index contributed by atoms with van der Waals surface area (Å²) in [6.45, 7) is 6.42. The van der Waals surface area contributed by atoms with E-state index in [4.69, 9.17) is 4.74 Å². The molecule has 1 aromatic heterocycles. The third kappa shape index (κ3) is 4.80. The standard InChI is InChI=1S/C21H22N4O2S/c1-4-12-25-20(16-10-8-15(2)9-11-16)23-24-21(25)28-14-19(26)22-17-6-5-7-18(13-17)27-3/h4-11,13H,1,12,14H2,2-3H3,(H,22,26).